The van der Waals surface area contributed by atoms with Gasteiger partial charge in [0.1, 0.15) is 0 Å². The molecule has 2 aromatic rings. The summed E-state index contributed by atoms with van der Waals surface area (Å²) in [7, 11) is 1.87. The number of ether oxygens (including phenoxy) is 1. The summed E-state index contributed by atoms with van der Waals surface area (Å²) in [6.07, 6.45) is 2.31. The zero-order chi connectivity index (χ0) is 16.1. The summed E-state index contributed by atoms with van der Waals surface area (Å²) in [6.45, 7) is 1.30. The van der Waals surface area contributed by atoms with Crippen molar-refractivity contribution in [1.82, 2.24) is 4.90 Å². The highest BCUT2D eigenvalue weighted by molar-refractivity contribution is 5.76. The molecule has 1 unspecified atom stereocenters. The van der Waals surface area contributed by atoms with Gasteiger partial charge in [-0.1, -0.05) is 54.6 Å². The molecule has 3 nitrogen and oxygen atoms in total. The van der Waals surface area contributed by atoms with Crippen LogP contribution in [0.25, 0.3) is 0 Å². The standard InChI is InChI=1S/C20H23NO2/c1-21(20(22)12-11-16-7-3-2-4-8-16)14-19-13-17-9-5-6-10-18(17)15-23-19/h2-10,19H,11-15H2,1H3. The third-order valence-corrected chi connectivity index (χ3v) is 4.41. The molecule has 0 radical (unpaired) electrons. The Bertz CT molecular complexity index is 654. The first-order valence-corrected chi connectivity index (χ1v) is 8.18. The minimum atomic E-state index is 0.0931. The molecule has 1 amide bonds. The molecule has 120 valence electrons. The first-order valence-electron chi connectivity index (χ1n) is 8.18. The second-order valence-corrected chi connectivity index (χ2v) is 6.17. The number of likely N-dealkylation sites (N-methyl/N-ethyl adjacent to an activating group) is 1. The SMILES string of the molecule is CN(CC1Cc2ccccc2CO1)C(=O)CCc1ccccc1. The summed E-state index contributed by atoms with van der Waals surface area (Å²) in [4.78, 5) is 14.1. The van der Waals surface area contributed by atoms with Crippen molar-refractivity contribution in [2.24, 2.45) is 0 Å². The Morgan fingerprint density at radius 3 is 2.57 bits per heavy atom. The van der Waals surface area contributed by atoms with Crippen molar-refractivity contribution in [3.8, 4) is 0 Å². The van der Waals surface area contributed by atoms with E-state index in [2.05, 4.69) is 30.3 Å². The quantitative estimate of drug-likeness (QED) is 0.849. The molecule has 2 aromatic carbocycles. The molecule has 0 saturated carbocycles. The third kappa shape index (κ3) is 4.20. The van der Waals surface area contributed by atoms with Crippen molar-refractivity contribution in [3.63, 3.8) is 0 Å². The fourth-order valence-corrected chi connectivity index (χ4v) is 3.02. The summed E-state index contributed by atoms with van der Waals surface area (Å²) >= 11 is 0. The predicted octanol–water partition coefficient (Wildman–Crippen LogP) is 3.22. The van der Waals surface area contributed by atoms with Gasteiger partial charge in [0.05, 0.1) is 12.7 Å². The van der Waals surface area contributed by atoms with Crippen LogP contribution < -0.4 is 0 Å². The number of carbonyl (C=O) groups is 1. The van der Waals surface area contributed by atoms with Gasteiger partial charge in [0, 0.05) is 26.4 Å². The lowest BCUT2D eigenvalue weighted by atomic mass is 9.99. The normalized spacial score (nSPS) is 16.7. The smallest absolute Gasteiger partial charge is 0.222 e. The third-order valence-electron chi connectivity index (χ3n) is 4.41. The molecular weight excluding hydrogens is 286 g/mol. The van der Waals surface area contributed by atoms with Crippen molar-refractivity contribution in [2.45, 2.75) is 32.0 Å². The van der Waals surface area contributed by atoms with E-state index in [0.29, 0.717) is 19.6 Å². The van der Waals surface area contributed by atoms with Crippen LogP contribution in [0.1, 0.15) is 23.1 Å². The second-order valence-electron chi connectivity index (χ2n) is 6.17. The Morgan fingerprint density at radius 1 is 1.09 bits per heavy atom. The van der Waals surface area contributed by atoms with E-state index >= 15 is 0 Å². The van der Waals surface area contributed by atoms with Crippen molar-refractivity contribution in [3.05, 3.63) is 71.3 Å². The average Bonchev–Trinajstić information content (AvgIpc) is 2.60. The Morgan fingerprint density at radius 2 is 1.78 bits per heavy atom. The average molecular weight is 309 g/mol. The van der Waals surface area contributed by atoms with Crippen LogP contribution >= 0.6 is 0 Å². The van der Waals surface area contributed by atoms with Gasteiger partial charge in [0.25, 0.3) is 0 Å². The van der Waals surface area contributed by atoms with Crippen molar-refractivity contribution < 1.29 is 9.53 Å². The molecule has 1 heterocycles. The molecule has 23 heavy (non-hydrogen) atoms. The second kappa shape index (κ2) is 7.42. The summed E-state index contributed by atoms with van der Waals surface area (Å²) < 4.78 is 5.89. The number of hydrogen-bond acceptors (Lipinski definition) is 2. The minimum Gasteiger partial charge on any atom is -0.371 e. The number of benzene rings is 2. The van der Waals surface area contributed by atoms with Gasteiger partial charge in [-0.2, -0.15) is 0 Å². The number of rotatable bonds is 5. The van der Waals surface area contributed by atoms with Crippen molar-refractivity contribution in [1.29, 1.82) is 0 Å². The highest BCUT2D eigenvalue weighted by Crippen LogP contribution is 2.20. The van der Waals surface area contributed by atoms with E-state index in [4.69, 9.17) is 4.74 Å². The fourth-order valence-electron chi connectivity index (χ4n) is 3.02. The Labute approximate surface area is 137 Å². The van der Waals surface area contributed by atoms with E-state index in [1.54, 1.807) is 0 Å². The Hall–Kier alpha value is -2.13. The lowest BCUT2D eigenvalue weighted by molar-refractivity contribution is -0.132. The van der Waals surface area contributed by atoms with Gasteiger partial charge in [-0.15, -0.1) is 0 Å². The monoisotopic (exact) mass is 309 g/mol. The number of hydrogen-bond donors (Lipinski definition) is 0. The summed E-state index contributed by atoms with van der Waals surface area (Å²) in [5, 5.41) is 0. The lowest BCUT2D eigenvalue weighted by Crippen LogP contribution is -2.38. The molecule has 0 aromatic heterocycles. The van der Waals surface area contributed by atoms with Gasteiger partial charge in [0.2, 0.25) is 5.91 Å². The zero-order valence-corrected chi connectivity index (χ0v) is 13.6. The van der Waals surface area contributed by atoms with E-state index in [9.17, 15) is 4.79 Å². The van der Waals surface area contributed by atoms with Crippen LogP contribution in [-0.4, -0.2) is 30.5 Å². The molecule has 0 saturated heterocycles. The topological polar surface area (TPSA) is 29.5 Å². The molecule has 0 spiro atoms. The van der Waals surface area contributed by atoms with Gasteiger partial charge in [-0.25, -0.2) is 0 Å². The molecule has 0 bridgehead atoms. The van der Waals surface area contributed by atoms with E-state index in [1.807, 2.05) is 36.2 Å². The molecule has 1 aliphatic heterocycles. The van der Waals surface area contributed by atoms with Crippen LogP contribution in [0, 0.1) is 0 Å². The minimum absolute atomic E-state index is 0.0931. The first-order chi connectivity index (χ1) is 11.2. The summed E-state index contributed by atoms with van der Waals surface area (Å²) in [5.74, 6) is 0.177. The van der Waals surface area contributed by atoms with E-state index in [1.165, 1.54) is 16.7 Å². The summed E-state index contributed by atoms with van der Waals surface area (Å²) in [5.41, 5.74) is 3.81. The first kappa shape index (κ1) is 15.8. The molecule has 1 atom stereocenters. The fraction of sp³-hybridized carbons (Fsp3) is 0.350. The summed E-state index contributed by atoms with van der Waals surface area (Å²) in [6, 6.07) is 18.5. The molecule has 0 fully saturated rings. The predicted molar refractivity (Wildman–Crippen MR) is 91.1 cm³/mol. The van der Waals surface area contributed by atoms with Gasteiger partial charge >= 0.3 is 0 Å². The molecule has 1 aliphatic rings. The molecule has 3 rings (SSSR count). The largest absolute Gasteiger partial charge is 0.371 e. The number of fused-ring (bicyclic) bond motifs is 1. The molecule has 0 N–H and O–H groups in total. The molecular formula is C20H23NO2. The van der Waals surface area contributed by atoms with E-state index < -0.39 is 0 Å². The highest BCUT2D eigenvalue weighted by Gasteiger charge is 2.21. The maximum atomic E-state index is 12.3. The van der Waals surface area contributed by atoms with Crippen LogP contribution in [0.5, 0.6) is 0 Å². The Balaban J connectivity index is 1.49. The van der Waals surface area contributed by atoms with Crippen molar-refractivity contribution >= 4 is 5.91 Å². The number of aryl methyl sites for hydroxylation is 1. The van der Waals surface area contributed by atoms with Crippen molar-refractivity contribution in [2.75, 3.05) is 13.6 Å². The van der Waals surface area contributed by atoms with Crippen LogP contribution in [0.4, 0.5) is 0 Å². The number of amides is 1. The number of nitrogens with zero attached hydrogens (tertiary/aromatic N) is 1. The van der Waals surface area contributed by atoms with Crippen LogP contribution in [-0.2, 0) is 29.0 Å². The van der Waals surface area contributed by atoms with Gasteiger partial charge in [-0.3, -0.25) is 4.79 Å². The maximum absolute atomic E-state index is 12.3. The lowest BCUT2D eigenvalue weighted by Gasteiger charge is -2.29. The van der Waals surface area contributed by atoms with Crippen LogP contribution in [0.15, 0.2) is 54.6 Å². The van der Waals surface area contributed by atoms with Crippen LogP contribution in [0.3, 0.4) is 0 Å². The zero-order valence-electron chi connectivity index (χ0n) is 13.6. The Kier molecular flexibility index (Phi) is 5.09. The highest BCUT2D eigenvalue weighted by atomic mass is 16.5. The van der Waals surface area contributed by atoms with E-state index in [-0.39, 0.29) is 12.0 Å². The van der Waals surface area contributed by atoms with E-state index in [0.717, 1.165) is 12.8 Å². The number of carbonyl (C=O) groups excluding carboxylic acids is 1. The van der Waals surface area contributed by atoms with Gasteiger partial charge < -0.3 is 9.64 Å². The van der Waals surface area contributed by atoms with Crippen LogP contribution in [0.2, 0.25) is 0 Å². The van der Waals surface area contributed by atoms with Gasteiger partial charge in [0.15, 0.2) is 0 Å². The molecule has 3 heteroatoms. The molecule has 0 aliphatic carbocycles. The maximum Gasteiger partial charge on any atom is 0.222 e. The van der Waals surface area contributed by atoms with Gasteiger partial charge in [-0.05, 0) is 23.1 Å².